The van der Waals surface area contributed by atoms with E-state index in [1.165, 1.54) is 11.8 Å². The van der Waals surface area contributed by atoms with E-state index in [9.17, 15) is 8.42 Å². The Labute approximate surface area is 153 Å². The second-order valence-corrected chi connectivity index (χ2v) is 8.56. The van der Waals surface area contributed by atoms with Crippen LogP contribution in [0.25, 0.3) is 0 Å². The van der Waals surface area contributed by atoms with Gasteiger partial charge in [-0.1, -0.05) is 48.2 Å². The van der Waals surface area contributed by atoms with E-state index in [1.807, 2.05) is 68.4 Å². The second-order valence-electron chi connectivity index (χ2n) is 5.76. The Kier molecular flexibility index (Phi) is 5.16. The third-order valence-electron chi connectivity index (χ3n) is 3.89. The summed E-state index contributed by atoms with van der Waals surface area (Å²) >= 11 is 1.53. The van der Waals surface area contributed by atoms with Gasteiger partial charge in [0.15, 0.2) is 0 Å². The molecule has 3 aromatic rings. The zero-order valence-corrected chi connectivity index (χ0v) is 15.7. The SMILES string of the molecule is Cc1ccc(S(=O)(=O)Nc2ccccc2Sc2ccccc2)cc1C. The lowest BCUT2D eigenvalue weighted by atomic mass is 10.1. The van der Waals surface area contributed by atoms with Crippen LogP contribution in [0.5, 0.6) is 0 Å². The van der Waals surface area contributed by atoms with Crippen LogP contribution in [0.15, 0.2) is 87.5 Å². The number of hydrogen-bond acceptors (Lipinski definition) is 3. The minimum Gasteiger partial charge on any atom is -0.278 e. The van der Waals surface area contributed by atoms with E-state index in [-0.39, 0.29) is 4.90 Å². The Morgan fingerprint density at radius 1 is 0.800 bits per heavy atom. The van der Waals surface area contributed by atoms with E-state index in [0.29, 0.717) is 5.69 Å². The molecule has 0 atom stereocenters. The Morgan fingerprint density at radius 2 is 1.48 bits per heavy atom. The van der Waals surface area contributed by atoms with Crippen molar-refractivity contribution in [1.29, 1.82) is 0 Å². The summed E-state index contributed by atoms with van der Waals surface area (Å²) in [5.41, 5.74) is 2.60. The highest BCUT2D eigenvalue weighted by Gasteiger charge is 2.17. The van der Waals surface area contributed by atoms with Crippen LogP contribution < -0.4 is 4.72 Å². The Hall–Kier alpha value is -2.24. The van der Waals surface area contributed by atoms with Crippen molar-refractivity contribution < 1.29 is 8.42 Å². The van der Waals surface area contributed by atoms with Crippen LogP contribution in [0.1, 0.15) is 11.1 Å². The zero-order valence-electron chi connectivity index (χ0n) is 14.1. The van der Waals surface area contributed by atoms with Crippen LogP contribution in [-0.2, 0) is 10.0 Å². The summed E-state index contributed by atoms with van der Waals surface area (Å²) in [5.74, 6) is 0. The molecule has 3 rings (SSSR count). The predicted molar refractivity (Wildman–Crippen MR) is 104 cm³/mol. The van der Waals surface area contributed by atoms with Gasteiger partial charge in [-0.3, -0.25) is 4.72 Å². The molecule has 0 heterocycles. The molecule has 3 nitrogen and oxygen atoms in total. The van der Waals surface area contributed by atoms with Gasteiger partial charge in [-0.15, -0.1) is 0 Å². The van der Waals surface area contributed by atoms with Crippen molar-refractivity contribution in [3.8, 4) is 0 Å². The number of benzene rings is 3. The summed E-state index contributed by atoms with van der Waals surface area (Å²) in [6.45, 7) is 3.87. The lowest BCUT2D eigenvalue weighted by molar-refractivity contribution is 0.601. The van der Waals surface area contributed by atoms with E-state index in [1.54, 1.807) is 18.2 Å². The third-order valence-corrected chi connectivity index (χ3v) is 6.34. The maximum absolute atomic E-state index is 12.7. The molecule has 128 valence electrons. The number of nitrogens with one attached hydrogen (secondary N) is 1. The van der Waals surface area contributed by atoms with Crippen molar-refractivity contribution in [2.45, 2.75) is 28.5 Å². The molecule has 1 N–H and O–H groups in total. The summed E-state index contributed by atoms with van der Waals surface area (Å²) < 4.78 is 28.2. The summed E-state index contributed by atoms with van der Waals surface area (Å²) in [7, 11) is -3.63. The van der Waals surface area contributed by atoms with Gasteiger partial charge in [-0.25, -0.2) is 8.42 Å². The molecular weight excluding hydrogens is 350 g/mol. The predicted octanol–water partition coefficient (Wildman–Crippen LogP) is 5.26. The lowest BCUT2D eigenvalue weighted by Gasteiger charge is -2.13. The molecule has 0 aliphatic carbocycles. The van der Waals surface area contributed by atoms with Crippen molar-refractivity contribution in [2.75, 3.05) is 4.72 Å². The molecule has 0 spiro atoms. The highest BCUT2D eigenvalue weighted by molar-refractivity contribution is 7.99. The van der Waals surface area contributed by atoms with Crippen molar-refractivity contribution in [3.05, 3.63) is 83.9 Å². The Morgan fingerprint density at radius 3 is 2.20 bits per heavy atom. The Bertz CT molecular complexity index is 984. The van der Waals surface area contributed by atoms with Gasteiger partial charge >= 0.3 is 0 Å². The molecule has 0 amide bonds. The van der Waals surface area contributed by atoms with Crippen LogP contribution in [0.3, 0.4) is 0 Å². The minimum absolute atomic E-state index is 0.273. The van der Waals surface area contributed by atoms with Crippen LogP contribution >= 0.6 is 11.8 Å². The Balaban J connectivity index is 1.91. The number of sulfonamides is 1. The molecule has 0 aliphatic heterocycles. The largest absolute Gasteiger partial charge is 0.278 e. The molecule has 3 aromatic carbocycles. The van der Waals surface area contributed by atoms with Gasteiger partial charge in [-0.2, -0.15) is 0 Å². The number of aryl methyl sites for hydroxylation is 2. The molecule has 0 unspecified atom stereocenters. The smallest absolute Gasteiger partial charge is 0.261 e. The molecule has 0 bridgehead atoms. The fourth-order valence-corrected chi connectivity index (χ4v) is 4.49. The molecule has 0 radical (unpaired) electrons. The van der Waals surface area contributed by atoms with Gasteiger partial charge in [0, 0.05) is 9.79 Å². The van der Waals surface area contributed by atoms with Gasteiger partial charge in [0.05, 0.1) is 10.6 Å². The molecule has 5 heteroatoms. The van der Waals surface area contributed by atoms with Crippen molar-refractivity contribution in [2.24, 2.45) is 0 Å². The molecule has 0 aliphatic rings. The number of para-hydroxylation sites is 1. The summed E-state index contributed by atoms with van der Waals surface area (Å²) in [6, 6.07) is 22.5. The average Bonchev–Trinajstić information content (AvgIpc) is 2.60. The van der Waals surface area contributed by atoms with E-state index in [0.717, 1.165) is 20.9 Å². The highest BCUT2D eigenvalue weighted by Crippen LogP contribution is 2.34. The number of hydrogen-bond donors (Lipinski definition) is 1. The first-order chi connectivity index (χ1) is 12.0. The first-order valence-corrected chi connectivity index (χ1v) is 10.2. The number of rotatable bonds is 5. The maximum atomic E-state index is 12.7. The molecule has 0 aromatic heterocycles. The standard InChI is InChI=1S/C20H19NO2S2/c1-15-12-13-18(14-16(15)2)25(22,23)21-19-10-6-7-11-20(19)24-17-8-4-3-5-9-17/h3-14,21H,1-2H3. The van der Waals surface area contributed by atoms with E-state index >= 15 is 0 Å². The van der Waals surface area contributed by atoms with E-state index < -0.39 is 10.0 Å². The van der Waals surface area contributed by atoms with Crippen LogP contribution in [0.4, 0.5) is 5.69 Å². The minimum atomic E-state index is -3.63. The molecule has 25 heavy (non-hydrogen) atoms. The third kappa shape index (κ3) is 4.24. The van der Waals surface area contributed by atoms with Gasteiger partial charge in [0.2, 0.25) is 0 Å². The van der Waals surface area contributed by atoms with E-state index in [2.05, 4.69) is 4.72 Å². The summed E-state index contributed by atoms with van der Waals surface area (Å²) in [5, 5.41) is 0. The fraction of sp³-hybridized carbons (Fsp3) is 0.100. The van der Waals surface area contributed by atoms with Crippen molar-refractivity contribution >= 4 is 27.5 Å². The van der Waals surface area contributed by atoms with E-state index in [4.69, 9.17) is 0 Å². The zero-order chi connectivity index (χ0) is 17.9. The molecule has 0 saturated carbocycles. The van der Waals surface area contributed by atoms with Crippen molar-refractivity contribution in [3.63, 3.8) is 0 Å². The first kappa shape index (κ1) is 17.6. The highest BCUT2D eigenvalue weighted by atomic mass is 32.2. The molecule has 0 fully saturated rings. The number of anilines is 1. The van der Waals surface area contributed by atoms with Crippen molar-refractivity contribution in [1.82, 2.24) is 0 Å². The van der Waals surface area contributed by atoms with Crippen LogP contribution in [0.2, 0.25) is 0 Å². The topological polar surface area (TPSA) is 46.2 Å². The fourth-order valence-electron chi connectivity index (χ4n) is 2.34. The quantitative estimate of drug-likeness (QED) is 0.668. The van der Waals surface area contributed by atoms with Gasteiger partial charge in [0.25, 0.3) is 10.0 Å². The lowest BCUT2D eigenvalue weighted by Crippen LogP contribution is -2.13. The summed E-state index contributed by atoms with van der Waals surface area (Å²) in [4.78, 5) is 2.19. The second kappa shape index (κ2) is 7.33. The van der Waals surface area contributed by atoms with Gasteiger partial charge in [-0.05, 0) is 61.4 Å². The molecule has 0 saturated heterocycles. The normalized spacial score (nSPS) is 11.3. The maximum Gasteiger partial charge on any atom is 0.261 e. The molecular formula is C20H19NO2S2. The van der Waals surface area contributed by atoms with Gasteiger partial charge < -0.3 is 0 Å². The van der Waals surface area contributed by atoms with Crippen LogP contribution in [0, 0.1) is 13.8 Å². The summed E-state index contributed by atoms with van der Waals surface area (Å²) in [6.07, 6.45) is 0. The van der Waals surface area contributed by atoms with Gasteiger partial charge in [0.1, 0.15) is 0 Å². The average molecular weight is 370 g/mol. The monoisotopic (exact) mass is 369 g/mol. The van der Waals surface area contributed by atoms with Crippen LogP contribution in [-0.4, -0.2) is 8.42 Å². The first-order valence-electron chi connectivity index (χ1n) is 7.88.